The van der Waals surface area contributed by atoms with Crippen LogP contribution in [0.4, 0.5) is 0 Å². The molecule has 19 heavy (non-hydrogen) atoms. The van der Waals surface area contributed by atoms with E-state index in [1.165, 1.54) is 6.07 Å². The molecule has 0 aliphatic heterocycles. The third-order valence-corrected chi connectivity index (χ3v) is 3.78. The Morgan fingerprint density at radius 2 is 1.74 bits per heavy atom. The highest BCUT2D eigenvalue weighted by atomic mass is 35.5. The second kappa shape index (κ2) is 6.19. The number of aryl methyl sites for hydroxylation is 1. The maximum Gasteiger partial charge on any atom is 0.239 e. The normalized spacial score (nSPS) is 10.6. The van der Waals surface area contributed by atoms with Crippen molar-refractivity contribution >= 4 is 46.4 Å². The Morgan fingerprint density at radius 3 is 2.42 bits per heavy atom. The Kier molecular flexibility index (Phi) is 4.80. The summed E-state index contributed by atoms with van der Waals surface area (Å²) in [7, 11) is 0. The third-order valence-electron chi connectivity index (χ3n) is 2.47. The van der Waals surface area contributed by atoms with Gasteiger partial charge in [-0.15, -0.1) is 0 Å². The highest BCUT2D eigenvalue weighted by Gasteiger charge is 2.11. The average Bonchev–Trinajstić information content (AvgIpc) is 2.38. The fraction of sp³-hybridized carbons (Fsp3) is 0.154. The largest absolute Gasteiger partial charge is 0.437 e. The van der Waals surface area contributed by atoms with Crippen LogP contribution in [0.25, 0.3) is 0 Å². The molecular weight excluding hydrogens is 328 g/mol. The molecule has 0 bridgehead atoms. The Hall–Kier alpha value is -0.670. The Balaban J connectivity index is 2.33. The summed E-state index contributed by atoms with van der Waals surface area (Å²) in [6.45, 7) is 2.01. The lowest BCUT2D eigenvalue weighted by atomic mass is 10.1. The maximum absolute atomic E-state index is 6.04. The molecule has 2 aromatic rings. The third kappa shape index (κ3) is 3.46. The maximum atomic E-state index is 6.04. The molecule has 1 heterocycles. The molecule has 0 saturated heterocycles. The van der Waals surface area contributed by atoms with E-state index in [4.69, 9.17) is 51.1 Å². The van der Waals surface area contributed by atoms with Gasteiger partial charge in [0.15, 0.2) is 5.15 Å². The highest BCUT2D eigenvalue weighted by Crippen LogP contribution is 2.34. The lowest BCUT2D eigenvalue weighted by molar-refractivity contribution is 0.463. The zero-order valence-corrected chi connectivity index (χ0v) is 12.9. The smallest absolute Gasteiger partial charge is 0.239 e. The second-order valence-corrected chi connectivity index (χ2v) is 5.34. The van der Waals surface area contributed by atoms with Crippen LogP contribution in [0.5, 0.6) is 11.6 Å². The number of pyridine rings is 1. The van der Waals surface area contributed by atoms with Crippen LogP contribution in [0.1, 0.15) is 12.5 Å². The van der Waals surface area contributed by atoms with Crippen molar-refractivity contribution in [3.05, 3.63) is 50.0 Å². The molecule has 6 heteroatoms. The summed E-state index contributed by atoms with van der Waals surface area (Å²) in [4.78, 5) is 3.99. The fourth-order valence-corrected chi connectivity index (χ4v) is 2.28. The first-order valence-electron chi connectivity index (χ1n) is 5.49. The molecule has 0 unspecified atom stereocenters. The van der Waals surface area contributed by atoms with Gasteiger partial charge in [0, 0.05) is 5.02 Å². The fourth-order valence-electron chi connectivity index (χ4n) is 1.50. The zero-order chi connectivity index (χ0) is 14.0. The first-order valence-corrected chi connectivity index (χ1v) is 7.00. The molecular formula is C13H9Cl4NO. The van der Waals surface area contributed by atoms with Gasteiger partial charge in [0.05, 0.1) is 5.02 Å². The van der Waals surface area contributed by atoms with Gasteiger partial charge >= 0.3 is 0 Å². The van der Waals surface area contributed by atoms with Crippen molar-refractivity contribution in [1.29, 1.82) is 0 Å². The summed E-state index contributed by atoms with van der Waals surface area (Å²) in [6.07, 6.45) is 0.804. The van der Waals surface area contributed by atoms with Gasteiger partial charge in [-0.3, -0.25) is 0 Å². The summed E-state index contributed by atoms with van der Waals surface area (Å²) in [6, 6.07) is 6.83. The van der Waals surface area contributed by atoms with Gasteiger partial charge in [0.25, 0.3) is 0 Å². The summed E-state index contributed by atoms with van der Waals surface area (Å²) in [5.41, 5.74) is 0.982. The molecule has 0 N–H and O–H groups in total. The Morgan fingerprint density at radius 1 is 1.00 bits per heavy atom. The minimum absolute atomic E-state index is 0.144. The van der Waals surface area contributed by atoms with Crippen molar-refractivity contribution in [1.82, 2.24) is 4.98 Å². The summed E-state index contributed by atoms with van der Waals surface area (Å²) in [5, 5.41) is 1.42. The van der Waals surface area contributed by atoms with Crippen molar-refractivity contribution in [2.75, 3.05) is 0 Å². The molecule has 0 fully saturated rings. The molecule has 2 rings (SSSR count). The molecule has 2 nitrogen and oxygen atoms in total. The van der Waals surface area contributed by atoms with Crippen LogP contribution in [-0.4, -0.2) is 4.98 Å². The van der Waals surface area contributed by atoms with Crippen LogP contribution in [0.2, 0.25) is 20.2 Å². The average molecular weight is 337 g/mol. The predicted molar refractivity (Wildman–Crippen MR) is 80.2 cm³/mol. The van der Waals surface area contributed by atoms with Crippen molar-refractivity contribution in [3.8, 4) is 11.6 Å². The first-order chi connectivity index (χ1) is 9.01. The van der Waals surface area contributed by atoms with Crippen LogP contribution in [0, 0.1) is 0 Å². The Labute approximate surface area is 131 Å². The summed E-state index contributed by atoms with van der Waals surface area (Å²) >= 11 is 23.7. The minimum atomic E-state index is 0.144. The van der Waals surface area contributed by atoms with E-state index in [1.54, 1.807) is 12.1 Å². The van der Waals surface area contributed by atoms with Crippen LogP contribution < -0.4 is 4.74 Å². The van der Waals surface area contributed by atoms with Gasteiger partial charge in [-0.05, 0) is 36.2 Å². The van der Waals surface area contributed by atoms with Crippen molar-refractivity contribution in [3.63, 3.8) is 0 Å². The van der Waals surface area contributed by atoms with Gasteiger partial charge < -0.3 is 4.74 Å². The quantitative estimate of drug-likeness (QED) is 0.636. The number of nitrogens with zero attached hydrogens (tertiary/aromatic N) is 1. The second-order valence-electron chi connectivity index (χ2n) is 3.76. The van der Waals surface area contributed by atoms with Crippen LogP contribution in [-0.2, 0) is 6.42 Å². The molecule has 1 aromatic carbocycles. The molecule has 0 amide bonds. The number of benzene rings is 1. The predicted octanol–water partition coefficient (Wildman–Crippen LogP) is 6.05. The lowest BCUT2D eigenvalue weighted by Crippen LogP contribution is -1.92. The molecule has 0 aliphatic rings. The number of ether oxygens (including phenoxy) is 1. The van der Waals surface area contributed by atoms with Crippen LogP contribution in [0.15, 0.2) is 24.3 Å². The van der Waals surface area contributed by atoms with Crippen molar-refractivity contribution < 1.29 is 4.74 Å². The van der Waals surface area contributed by atoms with Crippen molar-refractivity contribution in [2.24, 2.45) is 0 Å². The van der Waals surface area contributed by atoms with Crippen LogP contribution in [0.3, 0.4) is 0 Å². The van der Waals surface area contributed by atoms with Gasteiger partial charge in [-0.25, -0.2) is 0 Å². The zero-order valence-electron chi connectivity index (χ0n) is 9.88. The Bertz CT molecular complexity index is 616. The van der Waals surface area contributed by atoms with Gasteiger partial charge in [0.1, 0.15) is 10.8 Å². The first kappa shape index (κ1) is 14.7. The van der Waals surface area contributed by atoms with Gasteiger partial charge in [0.2, 0.25) is 5.88 Å². The topological polar surface area (TPSA) is 22.1 Å². The monoisotopic (exact) mass is 335 g/mol. The number of halogens is 4. The van der Waals surface area contributed by atoms with E-state index in [2.05, 4.69) is 4.98 Å². The van der Waals surface area contributed by atoms with Crippen molar-refractivity contribution in [2.45, 2.75) is 13.3 Å². The van der Waals surface area contributed by atoms with E-state index in [0.717, 1.165) is 12.0 Å². The minimum Gasteiger partial charge on any atom is -0.437 e. The molecule has 0 spiro atoms. The standard InChI is InChI=1S/C13H9Cl4NO/c1-2-7-5-8(3-4-9(7)14)19-13-11(16)6-10(15)12(17)18-13/h3-6H,2H2,1H3. The molecule has 0 radical (unpaired) electrons. The van der Waals surface area contributed by atoms with E-state index in [0.29, 0.717) is 15.8 Å². The SMILES string of the molecule is CCc1cc(Oc2nc(Cl)c(Cl)cc2Cl)ccc1Cl. The van der Waals surface area contributed by atoms with E-state index in [1.807, 2.05) is 13.0 Å². The number of aromatic nitrogens is 1. The molecule has 0 saturated carbocycles. The number of rotatable bonds is 3. The molecule has 1 aromatic heterocycles. The highest BCUT2D eigenvalue weighted by molar-refractivity contribution is 6.42. The van der Waals surface area contributed by atoms with E-state index in [9.17, 15) is 0 Å². The van der Waals surface area contributed by atoms with E-state index in [-0.39, 0.29) is 16.1 Å². The summed E-state index contributed by atoms with van der Waals surface area (Å²) < 4.78 is 5.60. The summed E-state index contributed by atoms with van der Waals surface area (Å²) in [5.74, 6) is 0.800. The van der Waals surface area contributed by atoms with E-state index >= 15 is 0 Å². The lowest BCUT2D eigenvalue weighted by Gasteiger charge is -2.09. The van der Waals surface area contributed by atoms with Crippen LogP contribution >= 0.6 is 46.4 Å². The van der Waals surface area contributed by atoms with Gasteiger partial charge in [-0.2, -0.15) is 4.98 Å². The number of hydrogen-bond donors (Lipinski definition) is 0. The van der Waals surface area contributed by atoms with Gasteiger partial charge in [-0.1, -0.05) is 53.3 Å². The number of hydrogen-bond acceptors (Lipinski definition) is 2. The molecule has 0 aliphatic carbocycles. The van der Waals surface area contributed by atoms with E-state index < -0.39 is 0 Å². The molecule has 100 valence electrons. The molecule has 0 atom stereocenters.